The lowest BCUT2D eigenvalue weighted by molar-refractivity contribution is 0.515. The molecule has 2 aromatic rings. The molecule has 1 nitrogen and oxygen atoms in total. The van der Waals surface area contributed by atoms with Crippen molar-refractivity contribution < 1.29 is 13.2 Å². The van der Waals surface area contributed by atoms with E-state index in [-0.39, 0.29) is 5.56 Å². The first-order chi connectivity index (χ1) is 7.99. The molecular weight excluding hydrogens is 247 g/mol. The summed E-state index contributed by atoms with van der Waals surface area (Å²) < 4.78 is 39.8. The number of nitrogens with two attached hydrogens (primary N) is 1. The Morgan fingerprint density at radius 1 is 1.12 bits per heavy atom. The molecule has 2 rings (SSSR count). The Morgan fingerprint density at radius 3 is 2.18 bits per heavy atom. The van der Waals surface area contributed by atoms with E-state index in [0.717, 1.165) is 4.88 Å². The zero-order valence-corrected chi connectivity index (χ0v) is 9.82. The number of rotatable bonds is 2. The van der Waals surface area contributed by atoms with Crippen molar-refractivity contribution in [2.24, 2.45) is 5.73 Å². The normalized spacial score (nSPS) is 12.8. The molecule has 0 aliphatic rings. The van der Waals surface area contributed by atoms with E-state index in [4.69, 9.17) is 5.73 Å². The maximum Gasteiger partial charge on any atom is 0.134 e. The lowest BCUT2D eigenvalue weighted by Gasteiger charge is -2.12. The number of thiophene rings is 1. The van der Waals surface area contributed by atoms with Gasteiger partial charge in [-0.1, -0.05) is 0 Å². The average molecular weight is 257 g/mol. The van der Waals surface area contributed by atoms with Crippen LogP contribution in [0.2, 0.25) is 0 Å². The molecule has 0 aliphatic heterocycles. The van der Waals surface area contributed by atoms with Crippen LogP contribution in [0.5, 0.6) is 0 Å². The van der Waals surface area contributed by atoms with Gasteiger partial charge in [-0.15, -0.1) is 11.3 Å². The first-order valence-electron chi connectivity index (χ1n) is 4.94. The predicted octanol–water partition coefficient (Wildman–Crippen LogP) is 3.52. The van der Waals surface area contributed by atoms with Gasteiger partial charge in [0.15, 0.2) is 0 Å². The van der Waals surface area contributed by atoms with Crippen molar-refractivity contribution in [3.05, 3.63) is 57.0 Å². The zero-order chi connectivity index (χ0) is 12.6. The van der Waals surface area contributed by atoms with Crippen LogP contribution in [0.25, 0.3) is 0 Å². The Bertz CT molecular complexity index is 527. The largest absolute Gasteiger partial charge is 0.320 e. The van der Waals surface area contributed by atoms with Gasteiger partial charge < -0.3 is 5.73 Å². The molecule has 1 atom stereocenters. The van der Waals surface area contributed by atoms with Gasteiger partial charge in [-0.2, -0.15) is 0 Å². The molecule has 0 radical (unpaired) electrons. The maximum atomic E-state index is 13.5. The number of halogens is 3. The second kappa shape index (κ2) is 4.50. The Hall–Kier alpha value is -1.33. The van der Waals surface area contributed by atoms with E-state index in [1.54, 1.807) is 11.4 Å². The summed E-state index contributed by atoms with van der Waals surface area (Å²) in [5.41, 5.74) is 6.11. The van der Waals surface area contributed by atoms with Crippen molar-refractivity contribution >= 4 is 11.3 Å². The molecule has 0 saturated heterocycles. The lowest BCUT2D eigenvalue weighted by Crippen LogP contribution is -2.15. The third-order valence-corrected chi connectivity index (χ3v) is 3.34. The van der Waals surface area contributed by atoms with Crippen LogP contribution in [0.1, 0.15) is 22.0 Å². The fourth-order valence-electron chi connectivity index (χ4n) is 1.64. The van der Waals surface area contributed by atoms with Gasteiger partial charge in [0.2, 0.25) is 0 Å². The molecule has 0 aliphatic carbocycles. The molecule has 0 fully saturated rings. The van der Waals surface area contributed by atoms with Gasteiger partial charge in [-0.05, 0) is 23.9 Å². The summed E-state index contributed by atoms with van der Waals surface area (Å²) in [6.07, 6.45) is 0. The van der Waals surface area contributed by atoms with Crippen LogP contribution in [0, 0.1) is 24.4 Å². The van der Waals surface area contributed by atoms with E-state index in [0.29, 0.717) is 17.7 Å². The zero-order valence-electron chi connectivity index (χ0n) is 9.01. The van der Waals surface area contributed by atoms with Crippen LogP contribution < -0.4 is 5.73 Å². The highest BCUT2D eigenvalue weighted by atomic mass is 32.1. The predicted molar refractivity (Wildman–Crippen MR) is 61.4 cm³/mol. The van der Waals surface area contributed by atoms with E-state index in [2.05, 4.69) is 0 Å². The van der Waals surface area contributed by atoms with Crippen molar-refractivity contribution in [3.63, 3.8) is 0 Å². The quantitative estimate of drug-likeness (QED) is 0.875. The number of hydrogen-bond acceptors (Lipinski definition) is 2. The first kappa shape index (κ1) is 12.1. The van der Waals surface area contributed by atoms with E-state index in [1.165, 1.54) is 11.3 Å². The summed E-state index contributed by atoms with van der Waals surface area (Å²) in [4.78, 5) is 0.998. The maximum absolute atomic E-state index is 13.5. The molecule has 0 saturated carbocycles. The van der Waals surface area contributed by atoms with Crippen LogP contribution in [-0.4, -0.2) is 0 Å². The van der Waals surface area contributed by atoms with Crippen LogP contribution in [0.4, 0.5) is 13.2 Å². The summed E-state index contributed by atoms with van der Waals surface area (Å²) in [5.74, 6) is -2.87. The fraction of sp³-hybridized carbons (Fsp3) is 0.167. The van der Waals surface area contributed by atoms with Crippen LogP contribution in [0.15, 0.2) is 23.6 Å². The molecular formula is C12H10F3NS. The van der Waals surface area contributed by atoms with Crippen molar-refractivity contribution in [2.45, 2.75) is 13.0 Å². The molecule has 90 valence electrons. The Labute approximate surface area is 101 Å². The van der Waals surface area contributed by atoms with E-state index < -0.39 is 23.5 Å². The third kappa shape index (κ3) is 2.35. The second-order valence-corrected chi connectivity index (χ2v) is 4.87. The van der Waals surface area contributed by atoms with Gasteiger partial charge in [-0.3, -0.25) is 0 Å². The molecule has 1 aromatic heterocycles. The third-order valence-electron chi connectivity index (χ3n) is 2.46. The molecule has 0 spiro atoms. The van der Waals surface area contributed by atoms with Crippen LogP contribution >= 0.6 is 11.3 Å². The lowest BCUT2D eigenvalue weighted by atomic mass is 10.0. The van der Waals surface area contributed by atoms with Gasteiger partial charge in [0.25, 0.3) is 0 Å². The monoisotopic (exact) mass is 257 g/mol. The minimum atomic E-state index is -0.959. The molecule has 5 heteroatoms. The minimum Gasteiger partial charge on any atom is -0.320 e. The van der Waals surface area contributed by atoms with Gasteiger partial charge >= 0.3 is 0 Å². The summed E-state index contributed by atoms with van der Waals surface area (Å²) in [5, 5.41) is 1.74. The number of benzene rings is 1. The molecule has 2 N–H and O–H groups in total. The Balaban J connectivity index is 2.47. The van der Waals surface area contributed by atoms with Gasteiger partial charge in [0.05, 0.1) is 6.04 Å². The van der Waals surface area contributed by atoms with E-state index in [9.17, 15) is 13.2 Å². The average Bonchev–Trinajstić information content (AvgIpc) is 2.63. The highest BCUT2D eigenvalue weighted by Crippen LogP contribution is 2.28. The SMILES string of the molecule is Cc1cc(C(N)c2c(F)cc(F)cc2F)cs1. The standard InChI is InChI=1S/C12H10F3NS/c1-6-2-7(5-17-6)12(16)11-9(14)3-8(13)4-10(11)15/h2-5,12H,16H2,1H3. The molecule has 17 heavy (non-hydrogen) atoms. The fourth-order valence-corrected chi connectivity index (χ4v) is 2.38. The van der Waals surface area contributed by atoms with E-state index in [1.807, 2.05) is 6.92 Å². The highest BCUT2D eigenvalue weighted by molar-refractivity contribution is 7.10. The number of hydrogen-bond donors (Lipinski definition) is 1. The molecule has 1 heterocycles. The minimum absolute atomic E-state index is 0.302. The van der Waals surface area contributed by atoms with Crippen molar-refractivity contribution in [1.82, 2.24) is 0 Å². The summed E-state index contributed by atoms with van der Waals surface area (Å²) in [7, 11) is 0. The Morgan fingerprint density at radius 2 is 1.71 bits per heavy atom. The highest BCUT2D eigenvalue weighted by Gasteiger charge is 2.20. The van der Waals surface area contributed by atoms with Gasteiger partial charge in [0.1, 0.15) is 17.5 Å². The topological polar surface area (TPSA) is 26.0 Å². The summed E-state index contributed by atoms with van der Waals surface area (Å²) in [6, 6.07) is 2.12. The van der Waals surface area contributed by atoms with Crippen molar-refractivity contribution in [3.8, 4) is 0 Å². The molecule has 1 unspecified atom stereocenters. The first-order valence-corrected chi connectivity index (χ1v) is 5.82. The smallest absolute Gasteiger partial charge is 0.134 e. The van der Waals surface area contributed by atoms with Gasteiger partial charge in [-0.25, -0.2) is 13.2 Å². The molecule has 0 amide bonds. The Kier molecular flexibility index (Phi) is 3.22. The summed E-state index contributed by atoms with van der Waals surface area (Å²) in [6.45, 7) is 1.87. The van der Waals surface area contributed by atoms with Gasteiger partial charge in [0, 0.05) is 22.6 Å². The second-order valence-electron chi connectivity index (χ2n) is 3.75. The van der Waals surface area contributed by atoms with Crippen LogP contribution in [0.3, 0.4) is 0 Å². The van der Waals surface area contributed by atoms with Crippen molar-refractivity contribution in [2.75, 3.05) is 0 Å². The summed E-state index contributed by atoms with van der Waals surface area (Å²) >= 11 is 1.44. The van der Waals surface area contributed by atoms with Crippen LogP contribution in [-0.2, 0) is 0 Å². The van der Waals surface area contributed by atoms with E-state index >= 15 is 0 Å². The van der Waals surface area contributed by atoms with Crippen molar-refractivity contribution in [1.29, 1.82) is 0 Å². The number of aryl methyl sites for hydroxylation is 1. The molecule has 1 aromatic carbocycles. The molecule has 0 bridgehead atoms.